The number of hydrogen-bond donors (Lipinski definition) is 0. The first-order valence-corrected chi connectivity index (χ1v) is 4.88. The lowest BCUT2D eigenvalue weighted by molar-refractivity contribution is 0.116. The van der Waals surface area contributed by atoms with Gasteiger partial charge in [-0.3, -0.25) is 4.18 Å². The van der Waals surface area contributed by atoms with Crippen LogP contribution in [0.25, 0.3) is 0 Å². The van der Waals surface area contributed by atoms with Gasteiger partial charge in [0.15, 0.2) is 0 Å². The molecule has 0 N–H and O–H groups in total. The Morgan fingerprint density at radius 3 is 2.27 bits per heavy atom. The smallest absolute Gasteiger partial charge is 0.261 e. The molecule has 0 aromatic heterocycles. The van der Waals surface area contributed by atoms with Crippen LogP contribution in [0.15, 0.2) is 12.0 Å². The summed E-state index contributed by atoms with van der Waals surface area (Å²) in [6.07, 6.45) is 0.639. The van der Waals surface area contributed by atoms with Crippen LogP contribution in [0, 0.1) is 0 Å². The fraction of sp³-hybridized carbons (Fsp3) is 0.714. The normalized spacial score (nSPS) is 13.0. The molecule has 0 bridgehead atoms. The minimum atomic E-state index is -3.53. The molecule has 0 spiro atoms. The van der Waals surface area contributed by atoms with E-state index < -0.39 is 15.7 Å². The van der Waals surface area contributed by atoms with Gasteiger partial charge in [-0.1, -0.05) is 13.5 Å². The molecule has 3 nitrogen and oxygen atoms in total. The van der Waals surface area contributed by atoms with E-state index in [1.165, 1.54) is 0 Å². The van der Waals surface area contributed by atoms with Crippen LogP contribution in [0.3, 0.4) is 0 Å². The first-order valence-electron chi connectivity index (χ1n) is 3.41. The van der Waals surface area contributed by atoms with Crippen LogP contribution in [-0.2, 0) is 14.3 Å². The van der Waals surface area contributed by atoms with Crippen molar-refractivity contribution in [3.05, 3.63) is 12.0 Å². The van der Waals surface area contributed by atoms with Crippen LogP contribution in [-0.4, -0.2) is 14.0 Å². The SMILES string of the molecule is C=CS(=O)(=O)OC(C)(C)CC. The zero-order valence-electron chi connectivity index (χ0n) is 7.12. The highest BCUT2D eigenvalue weighted by Crippen LogP contribution is 2.17. The van der Waals surface area contributed by atoms with Gasteiger partial charge in [0.2, 0.25) is 0 Å². The van der Waals surface area contributed by atoms with Gasteiger partial charge < -0.3 is 0 Å². The molecule has 0 radical (unpaired) electrons. The number of rotatable bonds is 4. The molecule has 0 aliphatic heterocycles. The van der Waals surface area contributed by atoms with Gasteiger partial charge in [0.25, 0.3) is 10.1 Å². The molecule has 0 heterocycles. The molecular formula is C7H14O3S. The fourth-order valence-electron chi connectivity index (χ4n) is 0.407. The topological polar surface area (TPSA) is 43.4 Å². The van der Waals surface area contributed by atoms with Gasteiger partial charge in [-0.15, -0.1) is 0 Å². The third kappa shape index (κ3) is 4.16. The van der Waals surface area contributed by atoms with Gasteiger partial charge in [0.1, 0.15) is 0 Å². The van der Waals surface area contributed by atoms with Crippen molar-refractivity contribution >= 4 is 10.1 Å². The molecule has 0 aromatic rings. The van der Waals surface area contributed by atoms with E-state index in [1.54, 1.807) is 13.8 Å². The average Bonchev–Trinajstić information content (AvgIpc) is 1.86. The summed E-state index contributed by atoms with van der Waals surface area (Å²) < 4.78 is 26.4. The van der Waals surface area contributed by atoms with Crippen molar-refractivity contribution in [2.24, 2.45) is 0 Å². The monoisotopic (exact) mass is 178 g/mol. The highest BCUT2D eigenvalue weighted by Gasteiger charge is 2.22. The Morgan fingerprint density at radius 1 is 1.55 bits per heavy atom. The Bertz CT molecular complexity index is 226. The molecule has 0 aliphatic rings. The predicted molar refractivity (Wildman–Crippen MR) is 44.6 cm³/mol. The highest BCUT2D eigenvalue weighted by atomic mass is 32.2. The van der Waals surface area contributed by atoms with Gasteiger partial charge in [-0.25, -0.2) is 0 Å². The standard InChI is InChI=1S/C7H14O3S/c1-5-7(3,4)10-11(8,9)6-2/h6H,2,5H2,1,3-4H3. The van der Waals surface area contributed by atoms with Crippen molar-refractivity contribution in [1.82, 2.24) is 0 Å². The summed E-state index contributed by atoms with van der Waals surface area (Å²) in [6, 6.07) is 0. The van der Waals surface area contributed by atoms with Crippen LogP contribution in [0.2, 0.25) is 0 Å². The van der Waals surface area contributed by atoms with Crippen molar-refractivity contribution in [2.45, 2.75) is 32.8 Å². The van der Waals surface area contributed by atoms with E-state index in [1.807, 2.05) is 6.92 Å². The van der Waals surface area contributed by atoms with Crippen molar-refractivity contribution < 1.29 is 12.6 Å². The third-order valence-electron chi connectivity index (χ3n) is 1.40. The zero-order chi connectivity index (χ0) is 9.12. The minimum Gasteiger partial charge on any atom is -0.261 e. The van der Waals surface area contributed by atoms with Crippen molar-refractivity contribution in [3.63, 3.8) is 0 Å². The van der Waals surface area contributed by atoms with Crippen molar-refractivity contribution in [2.75, 3.05) is 0 Å². The maximum absolute atomic E-state index is 10.8. The van der Waals surface area contributed by atoms with E-state index in [0.717, 1.165) is 5.41 Å². The van der Waals surface area contributed by atoms with E-state index in [4.69, 9.17) is 4.18 Å². The molecule has 0 aliphatic carbocycles. The molecule has 0 amide bonds. The molecule has 0 atom stereocenters. The summed E-state index contributed by atoms with van der Waals surface area (Å²) in [5.41, 5.74) is -0.632. The first kappa shape index (κ1) is 10.7. The summed E-state index contributed by atoms with van der Waals surface area (Å²) in [4.78, 5) is 0. The first-order chi connectivity index (χ1) is 4.83. The molecule has 0 saturated carbocycles. The molecule has 11 heavy (non-hydrogen) atoms. The largest absolute Gasteiger partial charge is 0.289 e. The lowest BCUT2D eigenvalue weighted by Crippen LogP contribution is -2.25. The maximum Gasteiger partial charge on any atom is 0.289 e. The maximum atomic E-state index is 10.8. The van der Waals surface area contributed by atoms with E-state index in [9.17, 15) is 8.42 Å². The van der Waals surface area contributed by atoms with Gasteiger partial charge in [0, 0.05) is 0 Å². The predicted octanol–water partition coefficient (Wildman–Crippen LogP) is 1.66. The molecule has 4 heteroatoms. The van der Waals surface area contributed by atoms with Crippen LogP contribution in [0.5, 0.6) is 0 Å². The Labute approximate surface area is 68.2 Å². The minimum absolute atomic E-state index is 0.632. The van der Waals surface area contributed by atoms with Crippen molar-refractivity contribution in [3.8, 4) is 0 Å². The van der Waals surface area contributed by atoms with Gasteiger partial charge in [-0.05, 0) is 20.3 Å². The van der Waals surface area contributed by atoms with Crippen LogP contribution in [0.4, 0.5) is 0 Å². The molecule has 0 unspecified atom stereocenters. The lowest BCUT2D eigenvalue weighted by Gasteiger charge is -2.20. The number of hydrogen-bond acceptors (Lipinski definition) is 3. The molecule has 0 aromatic carbocycles. The van der Waals surface area contributed by atoms with E-state index in [-0.39, 0.29) is 0 Å². The summed E-state index contributed by atoms with van der Waals surface area (Å²) in [6.45, 7) is 8.43. The molecule has 0 saturated heterocycles. The summed E-state index contributed by atoms with van der Waals surface area (Å²) in [5, 5.41) is 0.810. The van der Waals surface area contributed by atoms with Gasteiger partial charge in [0.05, 0.1) is 11.0 Å². The third-order valence-corrected chi connectivity index (χ3v) is 2.49. The molecular weight excluding hydrogens is 164 g/mol. The Balaban J connectivity index is 4.38. The fourth-order valence-corrected chi connectivity index (χ4v) is 1.22. The molecule has 0 fully saturated rings. The lowest BCUT2D eigenvalue weighted by atomic mass is 10.1. The van der Waals surface area contributed by atoms with E-state index in [2.05, 4.69) is 6.58 Å². The Morgan fingerprint density at radius 2 is 2.00 bits per heavy atom. The van der Waals surface area contributed by atoms with Crippen molar-refractivity contribution in [1.29, 1.82) is 0 Å². The van der Waals surface area contributed by atoms with Crippen LogP contribution < -0.4 is 0 Å². The summed E-state index contributed by atoms with van der Waals surface area (Å²) in [5.74, 6) is 0. The second-order valence-electron chi connectivity index (χ2n) is 2.86. The van der Waals surface area contributed by atoms with E-state index >= 15 is 0 Å². The second-order valence-corrected chi connectivity index (χ2v) is 4.34. The van der Waals surface area contributed by atoms with E-state index in [0.29, 0.717) is 6.42 Å². The molecule has 0 rings (SSSR count). The second kappa shape index (κ2) is 3.36. The summed E-state index contributed by atoms with van der Waals surface area (Å²) in [7, 11) is -3.53. The summed E-state index contributed by atoms with van der Waals surface area (Å²) >= 11 is 0. The van der Waals surface area contributed by atoms with Crippen LogP contribution >= 0.6 is 0 Å². The van der Waals surface area contributed by atoms with Gasteiger partial charge >= 0.3 is 0 Å². The Kier molecular flexibility index (Phi) is 3.26. The quantitative estimate of drug-likeness (QED) is 0.615. The van der Waals surface area contributed by atoms with Crippen LogP contribution in [0.1, 0.15) is 27.2 Å². The zero-order valence-corrected chi connectivity index (χ0v) is 7.94. The van der Waals surface area contributed by atoms with Gasteiger partial charge in [-0.2, -0.15) is 8.42 Å². The molecule has 66 valence electrons. The average molecular weight is 178 g/mol. The Hall–Kier alpha value is -0.350. The highest BCUT2D eigenvalue weighted by molar-refractivity contribution is 7.89.